The van der Waals surface area contributed by atoms with Gasteiger partial charge in [-0.3, -0.25) is 9.69 Å². The molecule has 2 bridgehead atoms. The lowest BCUT2D eigenvalue weighted by molar-refractivity contribution is -0.158. The number of para-hydroxylation sites is 1. The minimum atomic E-state index is -0.421. The Hall–Kier alpha value is -2.77. The van der Waals surface area contributed by atoms with Gasteiger partial charge in [-0.1, -0.05) is 36.4 Å². The zero-order chi connectivity index (χ0) is 24.9. The first kappa shape index (κ1) is 23.6. The van der Waals surface area contributed by atoms with Crippen molar-refractivity contribution in [2.45, 2.75) is 70.1 Å². The third-order valence-electron chi connectivity index (χ3n) is 8.64. The van der Waals surface area contributed by atoms with Crippen LogP contribution < -0.4 is 5.32 Å². The molecule has 36 heavy (non-hydrogen) atoms. The Morgan fingerprint density at radius 1 is 1.11 bits per heavy atom. The van der Waals surface area contributed by atoms with Gasteiger partial charge in [0, 0.05) is 24.7 Å². The van der Waals surface area contributed by atoms with Crippen LogP contribution in [0, 0.1) is 18.2 Å². The molecule has 1 amide bonds. The van der Waals surface area contributed by atoms with Crippen LogP contribution in [0.15, 0.2) is 48.5 Å². The Morgan fingerprint density at radius 3 is 2.50 bits per heavy atom. The molecule has 1 N–H and O–H groups in total. The highest BCUT2D eigenvalue weighted by atomic mass is 19.1. The summed E-state index contributed by atoms with van der Waals surface area (Å²) in [6.07, 6.45) is 5.37. The predicted molar refractivity (Wildman–Crippen MR) is 137 cm³/mol. The fourth-order valence-electron chi connectivity index (χ4n) is 6.64. The molecule has 7 heteroatoms. The van der Waals surface area contributed by atoms with E-state index >= 15 is 0 Å². The number of carbonyl (C=O) groups excluding carboxylic acids is 1. The lowest BCUT2D eigenvalue weighted by Crippen LogP contribution is -2.53. The molecular weight excluding hydrogens is 455 g/mol. The summed E-state index contributed by atoms with van der Waals surface area (Å²) >= 11 is 0. The first-order valence-corrected chi connectivity index (χ1v) is 13.3. The van der Waals surface area contributed by atoms with Gasteiger partial charge in [0.15, 0.2) is 5.82 Å². The molecule has 0 radical (unpaired) electrons. The molecule has 3 fully saturated rings. The first-order valence-electron chi connectivity index (χ1n) is 13.3. The number of carbonyl (C=O) groups is 1. The van der Waals surface area contributed by atoms with Crippen LogP contribution in [0.4, 0.5) is 4.39 Å². The van der Waals surface area contributed by atoms with Gasteiger partial charge in [0.05, 0.1) is 30.2 Å². The van der Waals surface area contributed by atoms with Crippen LogP contribution in [-0.4, -0.2) is 52.2 Å². The molecule has 3 aliphatic heterocycles. The number of hydrogen-bond acceptors (Lipinski definition) is 4. The number of rotatable bonds is 7. The van der Waals surface area contributed by atoms with Crippen LogP contribution in [0.3, 0.4) is 0 Å². The number of piperidine rings is 1. The fourth-order valence-corrected chi connectivity index (χ4v) is 6.64. The van der Waals surface area contributed by atoms with Gasteiger partial charge in [-0.2, -0.15) is 0 Å². The molecular formula is C29H35FN4O2. The number of halogens is 1. The highest BCUT2D eigenvalue weighted by Gasteiger charge is 2.43. The Bertz CT molecular complexity index is 1240. The molecule has 1 aromatic heterocycles. The predicted octanol–water partition coefficient (Wildman–Crippen LogP) is 4.94. The minimum absolute atomic E-state index is 0.0175. The summed E-state index contributed by atoms with van der Waals surface area (Å²) in [6.45, 7) is 5.91. The highest BCUT2D eigenvalue weighted by molar-refractivity contribution is 5.83. The van der Waals surface area contributed by atoms with Crippen molar-refractivity contribution in [3.8, 4) is 0 Å². The molecule has 0 aliphatic carbocycles. The van der Waals surface area contributed by atoms with E-state index in [1.54, 1.807) is 6.07 Å². The van der Waals surface area contributed by atoms with Crippen molar-refractivity contribution in [2.24, 2.45) is 5.41 Å². The van der Waals surface area contributed by atoms with Crippen molar-refractivity contribution in [2.75, 3.05) is 19.8 Å². The van der Waals surface area contributed by atoms with E-state index in [1.165, 1.54) is 18.9 Å². The molecule has 190 valence electrons. The molecule has 2 aromatic carbocycles. The van der Waals surface area contributed by atoms with Crippen LogP contribution in [0.25, 0.3) is 11.0 Å². The summed E-state index contributed by atoms with van der Waals surface area (Å²) < 4.78 is 22.0. The number of aryl methyl sites for hydroxylation is 1. The standard InChI is InChI=1S/C29H35FN4O2/c1-19-31-27-24(30)9-6-10-26(27)34(19)23-15-21-11-12-22(16-23)33(21)14-13-25(20-7-4-3-5-8-20)32-28(35)29(2)17-36-18-29/h3-10,21-23,25H,11-18H2,1-2H3,(H,32,35)/t21-,22+,23-,25-/m0/s1. The number of nitrogens with zero attached hydrogens (tertiary/aromatic N) is 3. The summed E-state index contributed by atoms with van der Waals surface area (Å²) in [5.41, 5.74) is 2.12. The summed E-state index contributed by atoms with van der Waals surface area (Å²) in [7, 11) is 0. The van der Waals surface area contributed by atoms with E-state index in [0.29, 0.717) is 36.9 Å². The largest absolute Gasteiger partial charge is 0.379 e. The number of benzene rings is 2. The summed E-state index contributed by atoms with van der Waals surface area (Å²) in [5.74, 6) is 0.735. The fraction of sp³-hybridized carbons (Fsp3) is 0.517. The van der Waals surface area contributed by atoms with Gasteiger partial charge in [-0.25, -0.2) is 9.37 Å². The van der Waals surface area contributed by atoms with Gasteiger partial charge in [0.25, 0.3) is 0 Å². The Kier molecular flexibility index (Phi) is 6.08. The van der Waals surface area contributed by atoms with Gasteiger partial charge < -0.3 is 14.6 Å². The van der Waals surface area contributed by atoms with Crippen molar-refractivity contribution in [1.82, 2.24) is 19.8 Å². The van der Waals surface area contributed by atoms with E-state index in [0.717, 1.165) is 42.7 Å². The molecule has 3 aromatic rings. The number of fused-ring (bicyclic) bond motifs is 3. The number of hydrogen-bond donors (Lipinski definition) is 1. The summed E-state index contributed by atoms with van der Waals surface area (Å²) in [4.78, 5) is 20.2. The minimum Gasteiger partial charge on any atom is -0.379 e. The van der Waals surface area contributed by atoms with Gasteiger partial charge in [-0.15, -0.1) is 0 Å². The van der Waals surface area contributed by atoms with Crippen molar-refractivity contribution in [3.05, 3.63) is 65.7 Å². The molecule has 3 aliphatic rings. The molecule has 4 heterocycles. The number of amides is 1. The van der Waals surface area contributed by atoms with Crippen molar-refractivity contribution >= 4 is 16.9 Å². The third kappa shape index (κ3) is 4.12. The number of nitrogens with one attached hydrogen (secondary N) is 1. The Balaban J connectivity index is 1.17. The normalized spacial score (nSPS) is 26.0. The van der Waals surface area contributed by atoms with Crippen molar-refractivity contribution < 1.29 is 13.9 Å². The second-order valence-electron chi connectivity index (χ2n) is 11.2. The summed E-state index contributed by atoms with van der Waals surface area (Å²) in [6, 6.07) is 16.9. The van der Waals surface area contributed by atoms with Gasteiger partial charge in [0.2, 0.25) is 5.91 Å². The second-order valence-corrected chi connectivity index (χ2v) is 11.2. The molecule has 0 unspecified atom stereocenters. The first-order chi connectivity index (χ1) is 17.4. The van der Waals surface area contributed by atoms with Gasteiger partial charge in [-0.05, 0) is 63.6 Å². The zero-order valence-corrected chi connectivity index (χ0v) is 21.1. The van der Waals surface area contributed by atoms with Crippen molar-refractivity contribution in [1.29, 1.82) is 0 Å². The average molecular weight is 491 g/mol. The molecule has 0 spiro atoms. The molecule has 6 rings (SSSR count). The van der Waals surface area contributed by atoms with E-state index in [1.807, 2.05) is 38.1 Å². The Morgan fingerprint density at radius 2 is 1.83 bits per heavy atom. The van der Waals surface area contributed by atoms with Crippen LogP contribution in [0.5, 0.6) is 0 Å². The maximum absolute atomic E-state index is 14.4. The molecule has 4 atom stereocenters. The lowest BCUT2D eigenvalue weighted by atomic mass is 9.87. The van der Waals surface area contributed by atoms with Crippen LogP contribution in [0.1, 0.15) is 62.5 Å². The average Bonchev–Trinajstić information content (AvgIpc) is 3.32. The highest BCUT2D eigenvalue weighted by Crippen LogP contribution is 2.43. The number of imidazole rings is 1. The smallest absolute Gasteiger partial charge is 0.231 e. The van der Waals surface area contributed by atoms with Gasteiger partial charge >= 0.3 is 0 Å². The molecule has 6 nitrogen and oxygen atoms in total. The lowest BCUT2D eigenvalue weighted by Gasteiger charge is -2.41. The van der Waals surface area contributed by atoms with Crippen LogP contribution >= 0.6 is 0 Å². The second kappa shape index (κ2) is 9.27. The van der Waals surface area contributed by atoms with E-state index in [9.17, 15) is 9.18 Å². The third-order valence-corrected chi connectivity index (χ3v) is 8.64. The zero-order valence-electron chi connectivity index (χ0n) is 21.1. The van der Waals surface area contributed by atoms with E-state index in [-0.39, 0.29) is 17.8 Å². The quantitative estimate of drug-likeness (QED) is 0.510. The van der Waals surface area contributed by atoms with E-state index in [2.05, 4.69) is 31.9 Å². The topological polar surface area (TPSA) is 59.4 Å². The maximum atomic E-state index is 14.4. The SMILES string of the molecule is Cc1nc2c(F)cccc2n1[C@@H]1C[C@H]2CC[C@@H](C1)N2CC[C@H](NC(=O)C1(C)COC1)c1ccccc1. The number of aromatic nitrogens is 2. The number of ether oxygens (including phenoxy) is 1. The van der Waals surface area contributed by atoms with Crippen molar-refractivity contribution in [3.63, 3.8) is 0 Å². The van der Waals surface area contributed by atoms with Gasteiger partial charge in [0.1, 0.15) is 11.3 Å². The molecule has 3 saturated heterocycles. The van der Waals surface area contributed by atoms with E-state index in [4.69, 9.17) is 4.74 Å². The van der Waals surface area contributed by atoms with Crippen LogP contribution in [-0.2, 0) is 9.53 Å². The maximum Gasteiger partial charge on any atom is 0.231 e. The van der Waals surface area contributed by atoms with Crippen LogP contribution in [0.2, 0.25) is 0 Å². The monoisotopic (exact) mass is 490 g/mol. The van der Waals surface area contributed by atoms with E-state index < -0.39 is 5.41 Å². The summed E-state index contributed by atoms with van der Waals surface area (Å²) in [5, 5.41) is 3.34. The Labute approximate surface area is 211 Å². The molecule has 0 saturated carbocycles.